The second kappa shape index (κ2) is 14.4. The number of carbonyl (C=O) groups excluding carboxylic acids is 2. The minimum absolute atomic E-state index is 0.374. The van der Waals surface area contributed by atoms with E-state index in [1.807, 2.05) is 27.7 Å². The van der Waals surface area contributed by atoms with Crippen LogP contribution >= 0.6 is 0 Å². The number of hydrogen-bond donors (Lipinski definition) is 1. The molecule has 110 valence electrons. The Balaban J connectivity index is -0.000000579. The monoisotopic (exact) mass is 268 g/mol. The van der Waals surface area contributed by atoms with Crippen LogP contribution in [-0.4, -0.2) is 18.0 Å². The van der Waals surface area contributed by atoms with E-state index in [4.69, 9.17) is 0 Å². The highest BCUT2D eigenvalue weighted by atomic mass is 16.2. The summed E-state index contributed by atoms with van der Waals surface area (Å²) in [5, 5.41) is 2.19. The molecule has 2 amide bonds. The average Bonchev–Trinajstić information content (AvgIpc) is 2.38. The zero-order valence-electron chi connectivity index (χ0n) is 13.3. The normalized spacial score (nSPS) is 10.3. The second-order valence-electron chi connectivity index (χ2n) is 3.34. The summed E-state index contributed by atoms with van der Waals surface area (Å²) in [5.74, 6) is -1.23. The topological polar surface area (TPSA) is 58.5 Å². The molecule has 4 heteroatoms. The van der Waals surface area contributed by atoms with Gasteiger partial charge in [-0.15, -0.1) is 0 Å². The fraction of sp³-hybridized carbons (Fsp3) is 0.533. The van der Waals surface area contributed by atoms with Crippen molar-refractivity contribution >= 4 is 18.0 Å². The number of hydrogen-bond acceptors (Lipinski definition) is 3. The van der Waals surface area contributed by atoms with Crippen molar-refractivity contribution in [1.29, 1.82) is 0 Å². The van der Waals surface area contributed by atoms with Gasteiger partial charge in [-0.25, -0.2) is 0 Å². The minimum atomic E-state index is -0.475. The highest BCUT2D eigenvalue weighted by Gasteiger charge is 2.15. The molecule has 0 rings (SSSR count). The van der Waals surface area contributed by atoms with E-state index in [2.05, 4.69) is 23.5 Å². The van der Waals surface area contributed by atoms with Crippen molar-refractivity contribution < 1.29 is 9.59 Å². The first-order valence-electron chi connectivity index (χ1n) is 6.54. The molecule has 0 heterocycles. The lowest BCUT2D eigenvalue weighted by Crippen LogP contribution is -2.33. The molecule has 0 bridgehead atoms. The lowest BCUT2D eigenvalue weighted by Gasteiger charge is -2.09. The van der Waals surface area contributed by atoms with Crippen LogP contribution in [0.15, 0.2) is 29.4 Å². The highest BCUT2D eigenvalue weighted by molar-refractivity contribution is 5.99. The lowest BCUT2D eigenvalue weighted by atomic mass is 10.0. The van der Waals surface area contributed by atoms with Crippen LogP contribution in [0.2, 0.25) is 0 Å². The van der Waals surface area contributed by atoms with E-state index in [-0.39, 0.29) is 11.8 Å². The SMILES string of the molecule is C=C(C)N=CC(=C)C(C)C(=O)NC(C)=O.CC.CC. The van der Waals surface area contributed by atoms with Gasteiger partial charge in [0, 0.05) is 18.8 Å². The molecule has 1 unspecified atom stereocenters. The second-order valence-corrected chi connectivity index (χ2v) is 3.34. The molecule has 0 aliphatic carbocycles. The van der Waals surface area contributed by atoms with Gasteiger partial charge in [0.05, 0.1) is 5.92 Å². The van der Waals surface area contributed by atoms with Gasteiger partial charge in [-0.3, -0.25) is 19.9 Å². The Hall–Kier alpha value is -1.71. The summed E-state index contributed by atoms with van der Waals surface area (Å²) in [7, 11) is 0. The summed E-state index contributed by atoms with van der Waals surface area (Å²) in [4.78, 5) is 25.9. The van der Waals surface area contributed by atoms with E-state index in [0.717, 1.165) is 0 Å². The number of allylic oxidation sites excluding steroid dienone is 1. The van der Waals surface area contributed by atoms with Gasteiger partial charge in [0.1, 0.15) is 0 Å². The zero-order chi connectivity index (χ0) is 16.0. The first kappa shape index (κ1) is 22.5. The van der Waals surface area contributed by atoms with Crippen LogP contribution in [0.4, 0.5) is 0 Å². The van der Waals surface area contributed by atoms with Crippen LogP contribution in [-0.2, 0) is 9.59 Å². The maximum atomic E-state index is 11.4. The number of nitrogens with one attached hydrogen (secondary N) is 1. The van der Waals surface area contributed by atoms with Gasteiger partial charge in [-0.05, 0) is 19.4 Å². The van der Waals surface area contributed by atoms with E-state index in [1.54, 1.807) is 13.8 Å². The van der Waals surface area contributed by atoms with Gasteiger partial charge in [-0.1, -0.05) is 40.9 Å². The van der Waals surface area contributed by atoms with Crippen LogP contribution in [0.3, 0.4) is 0 Å². The summed E-state index contributed by atoms with van der Waals surface area (Å²) < 4.78 is 0. The van der Waals surface area contributed by atoms with E-state index in [1.165, 1.54) is 13.1 Å². The molecule has 0 aliphatic heterocycles. The fourth-order valence-electron chi connectivity index (χ4n) is 0.755. The number of nitrogens with zero attached hydrogens (tertiary/aromatic N) is 1. The quantitative estimate of drug-likeness (QED) is 0.793. The molecule has 4 nitrogen and oxygen atoms in total. The Morgan fingerprint density at radius 1 is 1.11 bits per heavy atom. The Labute approximate surface area is 117 Å². The largest absolute Gasteiger partial charge is 0.296 e. The van der Waals surface area contributed by atoms with Crippen molar-refractivity contribution in [1.82, 2.24) is 5.32 Å². The molecule has 0 aromatic heterocycles. The van der Waals surface area contributed by atoms with Crippen molar-refractivity contribution in [2.24, 2.45) is 10.9 Å². The molecule has 0 saturated carbocycles. The van der Waals surface area contributed by atoms with Crippen LogP contribution in [0.5, 0.6) is 0 Å². The molecule has 0 aliphatic rings. The van der Waals surface area contributed by atoms with Crippen molar-refractivity contribution in [2.75, 3.05) is 0 Å². The Kier molecular flexibility index (Phi) is 17.0. The molecule has 19 heavy (non-hydrogen) atoms. The van der Waals surface area contributed by atoms with Crippen LogP contribution in [0.1, 0.15) is 48.5 Å². The van der Waals surface area contributed by atoms with Gasteiger partial charge < -0.3 is 0 Å². The van der Waals surface area contributed by atoms with Gasteiger partial charge in [0.2, 0.25) is 11.8 Å². The minimum Gasteiger partial charge on any atom is -0.296 e. The third-order valence-electron chi connectivity index (χ3n) is 1.70. The Morgan fingerprint density at radius 3 is 1.84 bits per heavy atom. The van der Waals surface area contributed by atoms with E-state index >= 15 is 0 Å². The molecule has 0 saturated heterocycles. The number of aliphatic imine (C=N–C) groups is 1. The first-order chi connectivity index (χ1) is 8.84. The molecular weight excluding hydrogens is 240 g/mol. The van der Waals surface area contributed by atoms with E-state index in [9.17, 15) is 9.59 Å². The van der Waals surface area contributed by atoms with Gasteiger partial charge >= 0.3 is 0 Å². The molecule has 0 aromatic rings. The number of carbonyl (C=O) groups is 2. The number of imide groups is 1. The maximum absolute atomic E-state index is 11.4. The Bertz CT molecular complexity index is 331. The molecular formula is C15H28N2O2. The van der Waals surface area contributed by atoms with Gasteiger partial charge in [0.15, 0.2) is 0 Å². The predicted octanol–water partition coefficient (Wildman–Crippen LogP) is 3.50. The first-order valence-corrected chi connectivity index (χ1v) is 6.54. The molecule has 0 fully saturated rings. The molecule has 0 radical (unpaired) electrons. The Morgan fingerprint density at radius 2 is 1.53 bits per heavy atom. The zero-order valence-corrected chi connectivity index (χ0v) is 13.3. The van der Waals surface area contributed by atoms with Crippen molar-refractivity contribution in [3.05, 3.63) is 24.4 Å². The fourth-order valence-corrected chi connectivity index (χ4v) is 0.755. The van der Waals surface area contributed by atoms with Crippen molar-refractivity contribution in [2.45, 2.75) is 48.5 Å². The van der Waals surface area contributed by atoms with Crippen molar-refractivity contribution in [3.8, 4) is 0 Å². The lowest BCUT2D eigenvalue weighted by molar-refractivity contribution is -0.130. The van der Waals surface area contributed by atoms with E-state index < -0.39 is 5.92 Å². The summed E-state index contributed by atoms with van der Waals surface area (Å²) in [6, 6.07) is 0. The predicted molar refractivity (Wildman–Crippen MR) is 83.1 cm³/mol. The maximum Gasteiger partial charge on any atom is 0.233 e. The smallest absolute Gasteiger partial charge is 0.233 e. The standard InChI is InChI=1S/C11H16N2O2.2C2H6/c1-7(2)12-6-8(3)9(4)11(15)13-10(5)14;2*1-2/h6,9H,1,3H2,2,4-5H3,(H,13,14,15);2*1-2H3. The number of rotatable bonds is 4. The highest BCUT2D eigenvalue weighted by Crippen LogP contribution is 2.06. The average molecular weight is 268 g/mol. The van der Waals surface area contributed by atoms with Crippen LogP contribution in [0, 0.1) is 5.92 Å². The molecule has 0 spiro atoms. The summed E-state index contributed by atoms with van der Waals surface area (Å²) >= 11 is 0. The summed E-state index contributed by atoms with van der Waals surface area (Å²) in [5.41, 5.74) is 1.17. The summed E-state index contributed by atoms with van der Waals surface area (Å²) in [6.45, 7) is 20.0. The molecule has 0 aromatic carbocycles. The molecule has 1 atom stereocenters. The van der Waals surface area contributed by atoms with Crippen LogP contribution in [0.25, 0.3) is 0 Å². The third-order valence-corrected chi connectivity index (χ3v) is 1.70. The van der Waals surface area contributed by atoms with Crippen molar-refractivity contribution in [3.63, 3.8) is 0 Å². The van der Waals surface area contributed by atoms with E-state index in [0.29, 0.717) is 11.3 Å². The molecule has 1 N–H and O–H groups in total. The van der Waals surface area contributed by atoms with Gasteiger partial charge in [0.25, 0.3) is 0 Å². The number of amides is 2. The van der Waals surface area contributed by atoms with Gasteiger partial charge in [-0.2, -0.15) is 0 Å². The third kappa shape index (κ3) is 14.2. The van der Waals surface area contributed by atoms with Crippen LogP contribution < -0.4 is 5.32 Å². The summed E-state index contributed by atoms with van der Waals surface area (Å²) in [6.07, 6.45) is 1.48.